The summed E-state index contributed by atoms with van der Waals surface area (Å²) in [7, 11) is -5.00. The molecular formula is C32H49NaO7S. The van der Waals surface area contributed by atoms with Crippen LogP contribution in [0.1, 0.15) is 137 Å². The Morgan fingerprint density at radius 3 is 1.59 bits per heavy atom. The molecule has 0 aliphatic rings. The average Bonchev–Trinajstić information content (AvgIpc) is 2.93. The molecule has 0 fully saturated rings. The van der Waals surface area contributed by atoms with Crippen molar-refractivity contribution in [2.45, 2.75) is 121 Å². The summed E-state index contributed by atoms with van der Waals surface area (Å²) >= 11 is 0. The molecule has 0 bridgehead atoms. The largest absolute Gasteiger partial charge is 1.00 e. The molecule has 0 aliphatic carbocycles. The molecule has 1 rings (SSSR count). The van der Waals surface area contributed by atoms with Crippen LogP contribution in [0, 0.1) is 0 Å². The van der Waals surface area contributed by atoms with Crippen LogP contribution in [0.3, 0.4) is 0 Å². The number of ether oxygens (including phenoxy) is 2. The van der Waals surface area contributed by atoms with E-state index in [0.29, 0.717) is 12.8 Å². The quantitative estimate of drug-likeness (QED) is 0.0551. The molecule has 0 aliphatic heterocycles. The number of benzene rings is 1. The number of esters is 2. The van der Waals surface area contributed by atoms with E-state index in [4.69, 9.17) is 9.47 Å². The maximum absolute atomic E-state index is 12.8. The molecule has 9 heteroatoms. The van der Waals surface area contributed by atoms with E-state index in [9.17, 15) is 22.6 Å². The number of hydrogen-bond acceptors (Lipinski definition) is 7. The van der Waals surface area contributed by atoms with Crippen molar-refractivity contribution in [1.29, 1.82) is 0 Å². The van der Waals surface area contributed by atoms with Crippen LogP contribution in [0.2, 0.25) is 0 Å². The number of hydrogen-bond donors (Lipinski definition) is 0. The van der Waals surface area contributed by atoms with Crippen molar-refractivity contribution in [3.05, 3.63) is 53.6 Å². The fourth-order valence-corrected chi connectivity index (χ4v) is 5.00. The van der Waals surface area contributed by atoms with E-state index >= 15 is 0 Å². The molecule has 0 amide bonds. The van der Waals surface area contributed by atoms with Gasteiger partial charge in [0.1, 0.15) is 10.1 Å². The minimum atomic E-state index is -5.00. The first-order valence-corrected chi connectivity index (χ1v) is 16.5. The molecule has 1 aromatic carbocycles. The van der Waals surface area contributed by atoms with Gasteiger partial charge in [0.25, 0.3) is 0 Å². The molecule has 0 aromatic heterocycles. The van der Waals surface area contributed by atoms with Gasteiger partial charge >= 0.3 is 41.5 Å². The molecule has 0 saturated carbocycles. The topological polar surface area (TPSA) is 110 Å². The van der Waals surface area contributed by atoms with Gasteiger partial charge in [-0.2, -0.15) is 0 Å². The van der Waals surface area contributed by atoms with Gasteiger partial charge in [0.15, 0.2) is 0 Å². The number of allylic oxidation sites excluding steroid dienone is 4. The van der Waals surface area contributed by atoms with Crippen LogP contribution >= 0.6 is 0 Å². The molecule has 0 unspecified atom stereocenters. The molecule has 0 radical (unpaired) electrons. The predicted octanol–water partition coefficient (Wildman–Crippen LogP) is 5.30. The molecule has 0 heterocycles. The maximum Gasteiger partial charge on any atom is 1.00 e. The zero-order chi connectivity index (χ0) is 29.5. The van der Waals surface area contributed by atoms with Gasteiger partial charge in [-0.05, 0) is 63.5 Å². The molecule has 226 valence electrons. The SMILES string of the molecule is CC/C=C/CCCCCCCCOC(=O)c1cccc(S(=O)(=O)[O-])c1C(=O)OCCCCCCCC/C=C/CC.[Na+]. The van der Waals surface area contributed by atoms with Crippen LogP contribution in [0.4, 0.5) is 0 Å². The predicted molar refractivity (Wildman–Crippen MR) is 158 cm³/mol. The monoisotopic (exact) mass is 600 g/mol. The first-order chi connectivity index (χ1) is 19.3. The Morgan fingerprint density at radius 1 is 0.683 bits per heavy atom. The first-order valence-electron chi connectivity index (χ1n) is 15.1. The first kappa shape index (κ1) is 39.5. The summed E-state index contributed by atoms with van der Waals surface area (Å²) in [5, 5.41) is 0. The Morgan fingerprint density at radius 2 is 1.12 bits per heavy atom. The standard InChI is InChI=1S/C32H50O7S.Na/c1-3-5-7-9-11-13-15-17-19-21-26-38-31(33)28-24-23-25-29(40(35,36)37)30(28)32(34)39-27-22-20-18-16-14-12-10-8-6-4-2;/h5-8,23-25H,3-4,9-22,26-27H2,1-2H3,(H,35,36,37);/q;+1/p-1/b7-5+,8-6+;. The summed E-state index contributed by atoms with van der Waals surface area (Å²) in [5.74, 6) is -1.84. The zero-order valence-electron chi connectivity index (χ0n) is 25.5. The molecule has 0 atom stereocenters. The zero-order valence-corrected chi connectivity index (χ0v) is 28.4. The van der Waals surface area contributed by atoms with E-state index in [1.165, 1.54) is 18.6 Å². The van der Waals surface area contributed by atoms with Gasteiger partial charge < -0.3 is 14.0 Å². The third-order valence-corrected chi connectivity index (χ3v) is 7.40. The van der Waals surface area contributed by atoms with Gasteiger partial charge in [-0.25, -0.2) is 18.0 Å². The van der Waals surface area contributed by atoms with Crippen LogP contribution in [-0.2, 0) is 19.6 Å². The summed E-state index contributed by atoms with van der Waals surface area (Å²) < 4.78 is 46.1. The van der Waals surface area contributed by atoms with E-state index in [1.54, 1.807) is 0 Å². The van der Waals surface area contributed by atoms with Gasteiger partial charge in [0, 0.05) is 0 Å². The second-order valence-corrected chi connectivity index (χ2v) is 11.3. The van der Waals surface area contributed by atoms with Crippen molar-refractivity contribution in [3.63, 3.8) is 0 Å². The van der Waals surface area contributed by atoms with Crippen LogP contribution in [0.15, 0.2) is 47.4 Å². The van der Waals surface area contributed by atoms with Gasteiger partial charge in [-0.1, -0.05) is 95.6 Å². The van der Waals surface area contributed by atoms with Crippen molar-refractivity contribution >= 4 is 22.1 Å². The number of carbonyl (C=O) groups excluding carboxylic acids is 2. The average molecular weight is 601 g/mol. The molecule has 0 N–H and O–H groups in total. The molecule has 41 heavy (non-hydrogen) atoms. The normalized spacial score (nSPS) is 11.6. The summed E-state index contributed by atoms with van der Waals surface area (Å²) in [6, 6.07) is 3.56. The molecule has 7 nitrogen and oxygen atoms in total. The number of rotatable bonds is 23. The number of carbonyl (C=O) groups is 2. The van der Waals surface area contributed by atoms with E-state index in [0.717, 1.165) is 89.5 Å². The van der Waals surface area contributed by atoms with Crippen LogP contribution in [0.5, 0.6) is 0 Å². The third kappa shape index (κ3) is 18.6. The van der Waals surface area contributed by atoms with Gasteiger partial charge in [0.2, 0.25) is 0 Å². The third-order valence-electron chi connectivity index (χ3n) is 6.52. The van der Waals surface area contributed by atoms with E-state index < -0.39 is 32.5 Å². The second kappa shape index (κ2) is 25.1. The summed E-state index contributed by atoms with van der Waals surface area (Å²) in [4.78, 5) is 24.8. The van der Waals surface area contributed by atoms with Crippen LogP contribution in [-0.4, -0.2) is 38.1 Å². The van der Waals surface area contributed by atoms with Crippen molar-refractivity contribution in [2.24, 2.45) is 0 Å². The Kier molecular flexibility index (Phi) is 24.2. The van der Waals surface area contributed by atoms with E-state index in [1.807, 2.05) is 0 Å². The van der Waals surface area contributed by atoms with Gasteiger partial charge in [0.05, 0.1) is 29.2 Å². The van der Waals surface area contributed by atoms with Crippen LogP contribution in [0.25, 0.3) is 0 Å². The summed E-state index contributed by atoms with van der Waals surface area (Å²) in [5.41, 5.74) is -0.807. The Balaban J connectivity index is 0.0000160. The molecule has 1 aromatic rings. The maximum atomic E-state index is 12.8. The Labute approximate surface area is 270 Å². The van der Waals surface area contributed by atoms with Crippen LogP contribution < -0.4 is 29.6 Å². The van der Waals surface area contributed by atoms with Gasteiger partial charge in [-0.3, -0.25) is 0 Å². The minimum absolute atomic E-state index is 0. The molecule has 0 saturated heterocycles. The smallest absolute Gasteiger partial charge is 0.744 e. The fraction of sp³-hybridized carbons (Fsp3) is 0.625. The number of unbranched alkanes of at least 4 members (excludes halogenated alkanes) is 12. The molecular weight excluding hydrogens is 551 g/mol. The van der Waals surface area contributed by atoms with Crippen molar-refractivity contribution < 1.29 is 61.6 Å². The summed E-state index contributed by atoms with van der Waals surface area (Å²) in [6.07, 6.45) is 25.0. The second-order valence-electron chi connectivity index (χ2n) is 9.98. The van der Waals surface area contributed by atoms with Crippen molar-refractivity contribution in [3.8, 4) is 0 Å². The van der Waals surface area contributed by atoms with Gasteiger partial charge in [-0.15, -0.1) is 0 Å². The van der Waals surface area contributed by atoms with Crippen molar-refractivity contribution in [1.82, 2.24) is 0 Å². The Hall–Kier alpha value is -1.45. The van der Waals surface area contributed by atoms with E-state index in [2.05, 4.69) is 38.2 Å². The minimum Gasteiger partial charge on any atom is -0.744 e. The van der Waals surface area contributed by atoms with E-state index in [-0.39, 0.29) is 48.3 Å². The summed E-state index contributed by atoms with van der Waals surface area (Å²) in [6.45, 7) is 4.47. The Bertz CT molecular complexity index is 1020. The molecule has 0 spiro atoms. The van der Waals surface area contributed by atoms with Crippen molar-refractivity contribution in [2.75, 3.05) is 13.2 Å². The fourth-order valence-electron chi connectivity index (χ4n) is 4.31.